The van der Waals surface area contributed by atoms with Crippen LogP contribution in [0.5, 0.6) is 0 Å². The van der Waals surface area contributed by atoms with Gasteiger partial charge in [-0.2, -0.15) is 0 Å². The molecule has 4 nitrogen and oxygen atoms in total. The molecule has 0 saturated carbocycles. The summed E-state index contributed by atoms with van der Waals surface area (Å²) >= 11 is 0. The van der Waals surface area contributed by atoms with Crippen molar-refractivity contribution in [3.63, 3.8) is 0 Å². The molecule has 0 fully saturated rings. The van der Waals surface area contributed by atoms with E-state index in [1.807, 2.05) is 0 Å². The number of aromatic nitrogens is 2. The van der Waals surface area contributed by atoms with Crippen LogP contribution in [0, 0.1) is 0 Å². The Morgan fingerprint density at radius 3 is 2.64 bits per heavy atom. The molecule has 4 heteroatoms. The van der Waals surface area contributed by atoms with Crippen molar-refractivity contribution in [1.82, 2.24) is 15.3 Å². The third kappa shape index (κ3) is 2.58. The number of hydrogen-bond acceptors (Lipinski definition) is 2. The van der Waals surface area contributed by atoms with Crippen LogP contribution in [-0.4, -0.2) is 22.9 Å². The van der Waals surface area contributed by atoms with Crippen LogP contribution in [0.1, 0.15) is 32.3 Å². The highest BCUT2D eigenvalue weighted by molar-refractivity contribution is 5.77. The van der Waals surface area contributed by atoms with Gasteiger partial charge in [0.2, 0.25) is 5.91 Å². The Bertz CT molecular complexity index is 322. The number of carbonyl (C=O) groups is 1. The van der Waals surface area contributed by atoms with Crippen LogP contribution < -0.4 is 5.32 Å². The van der Waals surface area contributed by atoms with Crippen molar-refractivity contribution in [2.24, 2.45) is 0 Å². The van der Waals surface area contributed by atoms with Crippen LogP contribution in [0.4, 0.5) is 0 Å². The highest BCUT2D eigenvalue weighted by atomic mass is 16.1. The molecule has 0 aliphatic heterocycles. The lowest BCUT2D eigenvalue weighted by Crippen LogP contribution is -2.20. The molecule has 1 heterocycles. The molecule has 1 aromatic rings. The number of imidazole rings is 1. The Morgan fingerprint density at radius 2 is 2.21 bits per heavy atom. The summed E-state index contributed by atoms with van der Waals surface area (Å²) in [7, 11) is 1.63. The summed E-state index contributed by atoms with van der Waals surface area (Å²) in [4.78, 5) is 18.5. The molecular formula is C10H17N3O. The minimum Gasteiger partial charge on any atom is -0.359 e. The van der Waals surface area contributed by atoms with Gasteiger partial charge in [0.15, 0.2) is 0 Å². The number of hydrogen-bond donors (Lipinski definition) is 2. The van der Waals surface area contributed by atoms with E-state index >= 15 is 0 Å². The summed E-state index contributed by atoms with van der Waals surface area (Å²) in [6.07, 6.45) is 2.08. The monoisotopic (exact) mass is 195 g/mol. The van der Waals surface area contributed by atoms with Gasteiger partial charge in [0.05, 0.1) is 6.42 Å². The number of likely N-dealkylation sites (N-methyl/N-ethyl adjacent to an activating group) is 1. The number of amides is 1. The van der Waals surface area contributed by atoms with Crippen LogP contribution in [0.25, 0.3) is 0 Å². The van der Waals surface area contributed by atoms with Crippen LogP contribution in [0.3, 0.4) is 0 Å². The molecule has 0 spiro atoms. The number of aromatic amines is 1. The highest BCUT2D eigenvalue weighted by Crippen LogP contribution is 2.18. The Labute approximate surface area is 84.1 Å². The predicted molar refractivity (Wildman–Crippen MR) is 55.1 cm³/mol. The van der Waals surface area contributed by atoms with Crippen LogP contribution in [0.2, 0.25) is 0 Å². The SMILES string of the molecule is CNC(=O)Cc1cnc(C(C)(C)C)[nH]1. The molecule has 2 N–H and O–H groups in total. The molecule has 1 aromatic heterocycles. The van der Waals surface area contributed by atoms with Gasteiger partial charge in [-0.25, -0.2) is 4.98 Å². The van der Waals surface area contributed by atoms with E-state index < -0.39 is 0 Å². The molecule has 0 aliphatic carbocycles. The maximum atomic E-state index is 11.1. The van der Waals surface area contributed by atoms with E-state index in [1.54, 1.807) is 13.2 Å². The van der Waals surface area contributed by atoms with E-state index in [4.69, 9.17) is 0 Å². The van der Waals surface area contributed by atoms with E-state index in [-0.39, 0.29) is 11.3 Å². The Kier molecular flexibility index (Phi) is 2.93. The molecule has 0 saturated heterocycles. The van der Waals surface area contributed by atoms with Gasteiger partial charge in [-0.3, -0.25) is 4.79 Å². The van der Waals surface area contributed by atoms with Crippen molar-refractivity contribution >= 4 is 5.91 Å². The first-order chi connectivity index (χ1) is 6.43. The maximum absolute atomic E-state index is 11.1. The number of nitrogens with zero attached hydrogens (tertiary/aromatic N) is 1. The minimum absolute atomic E-state index is 0.000933. The number of carbonyl (C=O) groups excluding carboxylic acids is 1. The van der Waals surface area contributed by atoms with Gasteiger partial charge in [-0.1, -0.05) is 20.8 Å². The third-order valence-corrected chi connectivity index (χ3v) is 1.97. The Balaban J connectivity index is 2.74. The van der Waals surface area contributed by atoms with Gasteiger partial charge in [0.25, 0.3) is 0 Å². The van der Waals surface area contributed by atoms with Crippen molar-refractivity contribution in [3.05, 3.63) is 17.7 Å². The fraction of sp³-hybridized carbons (Fsp3) is 0.600. The Hall–Kier alpha value is -1.32. The fourth-order valence-corrected chi connectivity index (χ4v) is 1.09. The zero-order chi connectivity index (χ0) is 10.8. The van der Waals surface area contributed by atoms with E-state index in [9.17, 15) is 4.79 Å². The molecule has 78 valence electrons. The first-order valence-corrected chi connectivity index (χ1v) is 4.68. The second kappa shape index (κ2) is 3.82. The fourth-order valence-electron chi connectivity index (χ4n) is 1.09. The van der Waals surface area contributed by atoms with Crippen LogP contribution in [-0.2, 0) is 16.6 Å². The maximum Gasteiger partial charge on any atom is 0.225 e. The summed E-state index contributed by atoms with van der Waals surface area (Å²) < 4.78 is 0. The average Bonchev–Trinajstić information content (AvgIpc) is 2.51. The van der Waals surface area contributed by atoms with E-state index in [1.165, 1.54) is 0 Å². The lowest BCUT2D eigenvalue weighted by molar-refractivity contribution is -0.120. The standard InChI is InChI=1S/C10H17N3O/c1-10(2,3)9-12-6-7(13-9)5-8(14)11-4/h6H,5H2,1-4H3,(H,11,14)(H,12,13). The van der Waals surface area contributed by atoms with Gasteiger partial charge in [-0.15, -0.1) is 0 Å². The normalized spacial score (nSPS) is 11.4. The molecule has 14 heavy (non-hydrogen) atoms. The summed E-state index contributed by atoms with van der Waals surface area (Å²) in [5, 5.41) is 2.57. The first-order valence-electron chi connectivity index (χ1n) is 4.68. The number of H-pyrrole nitrogens is 1. The molecule has 0 radical (unpaired) electrons. The lowest BCUT2D eigenvalue weighted by Gasteiger charge is -2.14. The number of nitrogens with one attached hydrogen (secondary N) is 2. The predicted octanol–water partition coefficient (Wildman–Crippen LogP) is 0.996. The Morgan fingerprint density at radius 1 is 1.57 bits per heavy atom. The topological polar surface area (TPSA) is 57.8 Å². The average molecular weight is 195 g/mol. The summed E-state index contributed by atoms with van der Waals surface area (Å²) in [5.74, 6) is 0.908. The van der Waals surface area contributed by atoms with Gasteiger partial charge >= 0.3 is 0 Å². The van der Waals surface area contributed by atoms with E-state index in [0.29, 0.717) is 6.42 Å². The minimum atomic E-state index is -0.00545. The quantitative estimate of drug-likeness (QED) is 0.739. The van der Waals surface area contributed by atoms with Crippen LogP contribution in [0.15, 0.2) is 6.20 Å². The summed E-state index contributed by atoms with van der Waals surface area (Å²) in [6, 6.07) is 0. The summed E-state index contributed by atoms with van der Waals surface area (Å²) in [6.45, 7) is 6.24. The molecule has 1 amide bonds. The van der Waals surface area contributed by atoms with Crippen molar-refractivity contribution in [3.8, 4) is 0 Å². The molecule has 0 aromatic carbocycles. The number of rotatable bonds is 2. The van der Waals surface area contributed by atoms with E-state index in [0.717, 1.165) is 11.5 Å². The molecular weight excluding hydrogens is 178 g/mol. The van der Waals surface area contributed by atoms with Gasteiger partial charge in [0.1, 0.15) is 5.82 Å². The smallest absolute Gasteiger partial charge is 0.225 e. The molecule has 0 atom stereocenters. The molecule has 0 aliphatic rings. The van der Waals surface area contributed by atoms with Crippen molar-refractivity contribution in [2.45, 2.75) is 32.6 Å². The van der Waals surface area contributed by atoms with Crippen LogP contribution >= 0.6 is 0 Å². The van der Waals surface area contributed by atoms with Crippen molar-refractivity contribution in [2.75, 3.05) is 7.05 Å². The first kappa shape index (κ1) is 10.8. The van der Waals surface area contributed by atoms with Gasteiger partial charge in [-0.05, 0) is 0 Å². The molecule has 1 rings (SSSR count). The summed E-state index contributed by atoms with van der Waals surface area (Å²) in [5.41, 5.74) is 0.857. The van der Waals surface area contributed by atoms with Crippen molar-refractivity contribution in [1.29, 1.82) is 0 Å². The molecule has 0 bridgehead atoms. The largest absolute Gasteiger partial charge is 0.359 e. The second-order valence-electron chi connectivity index (χ2n) is 4.36. The van der Waals surface area contributed by atoms with Gasteiger partial charge < -0.3 is 10.3 Å². The van der Waals surface area contributed by atoms with Gasteiger partial charge in [0, 0.05) is 24.4 Å². The van der Waals surface area contributed by atoms with E-state index in [2.05, 4.69) is 36.1 Å². The zero-order valence-corrected chi connectivity index (χ0v) is 9.14. The molecule has 0 unspecified atom stereocenters. The van der Waals surface area contributed by atoms with Crippen molar-refractivity contribution < 1.29 is 4.79 Å². The highest BCUT2D eigenvalue weighted by Gasteiger charge is 2.17. The lowest BCUT2D eigenvalue weighted by atomic mass is 9.96. The zero-order valence-electron chi connectivity index (χ0n) is 9.14. The second-order valence-corrected chi connectivity index (χ2v) is 4.36. The third-order valence-electron chi connectivity index (χ3n) is 1.97.